The quantitative estimate of drug-likeness (QED) is 0.862. The Hall–Kier alpha value is -1.88. The van der Waals surface area contributed by atoms with Gasteiger partial charge in [0.25, 0.3) is 5.91 Å². The zero-order valence-electron chi connectivity index (χ0n) is 12.7. The largest absolute Gasteiger partial charge is 0.396 e. The Balaban J connectivity index is 2.21. The Morgan fingerprint density at radius 2 is 2.05 bits per heavy atom. The van der Waals surface area contributed by atoms with E-state index in [0.717, 1.165) is 11.1 Å². The van der Waals surface area contributed by atoms with E-state index >= 15 is 0 Å². The van der Waals surface area contributed by atoms with Crippen LogP contribution >= 0.6 is 0 Å². The fraction of sp³-hybridized carbons (Fsp3) is 0.500. The molecule has 0 radical (unpaired) electrons. The van der Waals surface area contributed by atoms with Crippen molar-refractivity contribution in [2.75, 3.05) is 26.7 Å². The highest BCUT2D eigenvalue weighted by Crippen LogP contribution is 2.25. The van der Waals surface area contributed by atoms with E-state index in [4.69, 9.17) is 0 Å². The lowest BCUT2D eigenvalue weighted by molar-refractivity contribution is -0.125. The Kier molecular flexibility index (Phi) is 4.63. The molecule has 5 heteroatoms. The summed E-state index contributed by atoms with van der Waals surface area (Å²) in [6, 6.07) is 5.77. The van der Waals surface area contributed by atoms with Crippen molar-refractivity contribution < 1.29 is 14.7 Å². The number of carbonyl (C=O) groups is 2. The molecule has 2 amide bonds. The molecule has 5 nitrogen and oxygen atoms in total. The maximum atomic E-state index is 12.7. The van der Waals surface area contributed by atoms with Crippen molar-refractivity contribution in [2.45, 2.75) is 13.8 Å². The normalized spacial score (nSPS) is 21.4. The van der Waals surface area contributed by atoms with Crippen LogP contribution in [0.5, 0.6) is 0 Å². The molecule has 1 aromatic rings. The molecule has 2 rings (SSSR count). The lowest BCUT2D eigenvalue weighted by Gasteiger charge is -2.18. The van der Waals surface area contributed by atoms with Gasteiger partial charge in [-0.25, -0.2) is 0 Å². The van der Waals surface area contributed by atoms with Crippen LogP contribution in [0, 0.1) is 25.7 Å². The minimum Gasteiger partial charge on any atom is -0.396 e. The summed E-state index contributed by atoms with van der Waals surface area (Å²) in [4.78, 5) is 26.2. The standard InChI is InChI=1S/C16H22N2O3/c1-10-4-5-11(2)13(6-10)16(21)18-7-12(9-19)14(8-18)15(20)17-3/h4-6,12,14,19H,7-9H2,1-3H3,(H,17,20)/t12-,14+/m0/s1. The first kappa shape index (κ1) is 15.5. The van der Waals surface area contributed by atoms with Gasteiger partial charge in [0.15, 0.2) is 0 Å². The van der Waals surface area contributed by atoms with E-state index < -0.39 is 0 Å². The van der Waals surface area contributed by atoms with Gasteiger partial charge in [0.05, 0.1) is 5.92 Å². The number of benzene rings is 1. The number of carbonyl (C=O) groups excluding carboxylic acids is 2. The van der Waals surface area contributed by atoms with Crippen molar-refractivity contribution in [3.8, 4) is 0 Å². The van der Waals surface area contributed by atoms with Crippen molar-refractivity contribution >= 4 is 11.8 Å². The van der Waals surface area contributed by atoms with E-state index in [1.54, 1.807) is 11.9 Å². The number of nitrogens with one attached hydrogen (secondary N) is 1. The van der Waals surface area contributed by atoms with E-state index in [1.165, 1.54) is 0 Å². The lowest BCUT2D eigenvalue weighted by atomic mass is 9.96. The third-order valence-corrected chi connectivity index (χ3v) is 4.17. The van der Waals surface area contributed by atoms with Gasteiger partial charge in [-0.15, -0.1) is 0 Å². The molecular formula is C16H22N2O3. The number of likely N-dealkylation sites (tertiary alicyclic amines) is 1. The van der Waals surface area contributed by atoms with Gasteiger partial charge < -0.3 is 15.3 Å². The molecule has 1 fully saturated rings. The molecule has 0 aliphatic carbocycles. The first-order chi connectivity index (χ1) is 9.97. The van der Waals surface area contributed by atoms with Crippen molar-refractivity contribution in [2.24, 2.45) is 11.8 Å². The van der Waals surface area contributed by atoms with Crippen LogP contribution in [0.1, 0.15) is 21.5 Å². The molecule has 0 bridgehead atoms. The Morgan fingerprint density at radius 3 is 2.67 bits per heavy atom. The number of amides is 2. The summed E-state index contributed by atoms with van der Waals surface area (Å²) in [5.41, 5.74) is 2.63. The zero-order valence-corrected chi connectivity index (χ0v) is 12.7. The summed E-state index contributed by atoms with van der Waals surface area (Å²) < 4.78 is 0. The maximum absolute atomic E-state index is 12.7. The van der Waals surface area contributed by atoms with Gasteiger partial charge in [-0.3, -0.25) is 9.59 Å². The maximum Gasteiger partial charge on any atom is 0.254 e. The van der Waals surface area contributed by atoms with Crippen molar-refractivity contribution in [1.29, 1.82) is 0 Å². The second-order valence-electron chi connectivity index (χ2n) is 5.69. The second-order valence-corrected chi connectivity index (χ2v) is 5.69. The van der Waals surface area contributed by atoms with Gasteiger partial charge in [0.2, 0.25) is 5.91 Å². The van der Waals surface area contributed by atoms with Crippen LogP contribution in [-0.2, 0) is 4.79 Å². The average Bonchev–Trinajstić information content (AvgIpc) is 2.92. The van der Waals surface area contributed by atoms with E-state index in [1.807, 2.05) is 32.0 Å². The van der Waals surface area contributed by atoms with Gasteiger partial charge in [-0.05, 0) is 25.5 Å². The van der Waals surface area contributed by atoms with Gasteiger partial charge >= 0.3 is 0 Å². The second kappa shape index (κ2) is 6.26. The van der Waals surface area contributed by atoms with Gasteiger partial charge in [-0.2, -0.15) is 0 Å². The van der Waals surface area contributed by atoms with Crippen LogP contribution in [0.15, 0.2) is 18.2 Å². The fourth-order valence-electron chi connectivity index (χ4n) is 2.84. The number of hydrogen-bond donors (Lipinski definition) is 2. The number of hydrogen-bond acceptors (Lipinski definition) is 3. The first-order valence-corrected chi connectivity index (χ1v) is 7.17. The lowest BCUT2D eigenvalue weighted by Crippen LogP contribution is -2.34. The summed E-state index contributed by atoms with van der Waals surface area (Å²) in [5.74, 6) is -0.723. The SMILES string of the molecule is CNC(=O)[C@@H]1CN(C(=O)c2cc(C)ccc2C)C[C@H]1CO. The minimum atomic E-state index is -0.339. The third-order valence-electron chi connectivity index (χ3n) is 4.17. The molecule has 0 spiro atoms. The molecule has 1 aromatic carbocycles. The molecule has 1 aliphatic rings. The molecule has 21 heavy (non-hydrogen) atoms. The van der Waals surface area contributed by atoms with Crippen LogP contribution in [0.4, 0.5) is 0 Å². The summed E-state index contributed by atoms with van der Waals surface area (Å²) in [6.07, 6.45) is 0. The van der Waals surface area contributed by atoms with Crippen LogP contribution in [0.25, 0.3) is 0 Å². The Labute approximate surface area is 125 Å². The molecule has 0 aromatic heterocycles. The van der Waals surface area contributed by atoms with Crippen LogP contribution in [0.2, 0.25) is 0 Å². The Bertz CT molecular complexity index is 556. The fourth-order valence-corrected chi connectivity index (χ4v) is 2.84. The molecule has 0 saturated carbocycles. The Morgan fingerprint density at radius 1 is 1.33 bits per heavy atom. The number of aliphatic hydroxyl groups excluding tert-OH is 1. The molecule has 114 valence electrons. The van der Waals surface area contributed by atoms with Crippen LogP contribution in [0.3, 0.4) is 0 Å². The monoisotopic (exact) mass is 290 g/mol. The highest BCUT2D eigenvalue weighted by Gasteiger charge is 2.39. The molecule has 1 heterocycles. The van der Waals surface area contributed by atoms with Crippen molar-refractivity contribution in [1.82, 2.24) is 10.2 Å². The smallest absolute Gasteiger partial charge is 0.254 e. The van der Waals surface area contributed by atoms with Crippen molar-refractivity contribution in [3.05, 3.63) is 34.9 Å². The molecule has 1 aliphatic heterocycles. The number of nitrogens with zero attached hydrogens (tertiary/aromatic N) is 1. The van der Waals surface area contributed by atoms with Gasteiger partial charge in [-0.1, -0.05) is 17.7 Å². The average molecular weight is 290 g/mol. The van der Waals surface area contributed by atoms with Gasteiger partial charge in [0.1, 0.15) is 0 Å². The zero-order chi connectivity index (χ0) is 15.6. The molecule has 2 N–H and O–H groups in total. The third kappa shape index (κ3) is 3.08. The minimum absolute atomic E-state index is 0.0685. The summed E-state index contributed by atoms with van der Waals surface area (Å²) in [7, 11) is 1.58. The summed E-state index contributed by atoms with van der Waals surface area (Å²) in [6.45, 7) is 4.54. The molecule has 2 atom stereocenters. The molecule has 0 unspecified atom stereocenters. The number of aliphatic hydroxyl groups is 1. The number of aryl methyl sites for hydroxylation is 2. The van der Waals surface area contributed by atoms with Crippen molar-refractivity contribution in [3.63, 3.8) is 0 Å². The summed E-state index contributed by atoms with van der Waals surface area (Å²) in [5, 5.41) is 12.0. The van der Waals surface area contributed by atoms with Crippen LogP contribution < -0.4 is 5.32 Å². The highest BCUT2D eigenvalue weighted by molar-refractivity contribution is 5.96. The van der Waals surface area contributed by atoms with E-state index in [-0.39, 0.29) is 30.3 Å². The first-order valence-electron chi connectivity index (χ1n) is 7.17. The number of rotatable bonds is 3. The molecule has 1 saturated heterocycles. The van der Waals surface area contributed by atoms with E-state index in [9.17, 15) is 14.7 Å². The predicted octanol–water partition coefficient (Wildman–Crippen LogP) is 0.730. The molecular weight excluding hydrogens is 268 g/mol. The van der Waals surface area contributed by atoms with E-state index in [2.05, 4.69) is 5.32 Å². The van der Waals surface area contributed by atoms with Crippen LogP contribution in [-0.4, -0.2) is 48.6 Å². The summed E-state index contributed by atoms with van der Waals surface area (Å²) >= 11 is 0. The van der Waals surface area contributed by atoms with E-state index in [0.29, 0.717) is 18.7 Å². The topological polar surface area (TPSA) is 69.6 Å². The predicted molar refractivity (Wildman–Crippen MR) is 80.0 cm³/mol. The highest BCUT2D eigenvalue weighted by atomic mass is 16.3. The van der Waals surface area contributed by atoms with Gasteiger partial charge in [0, 0.05) is 38.2 Å².